The first-order valence-corrected chi connectivity index (χ1v) is 9.12. The second kappa shape index (κ2) is 6.62. The van der Waals surface area contributed by atoms with Crippen LogP contribution in [-0.2, 0) is 29.0 Å². The third kappa shape index (κ3) is 3.02. The average Bonchev–Trinajstić information content (AvgIpc) is 3.03. The molecule has 1 aliphatic rings. The summed E-state index contributed by atoms with van der Waals surface area (Å²) in [7, 11) is 1.41. The lowest BCUT2D eigenvalue weighted by Crippen LogP contribution is -2.45. The highest BCUT2D eigenvalue weighted by Gasteiger charge is 2.32. The van der Waals surface area contributed by atoms with Gasteiger partial charge in [-0.05, 0) is 24.5 Å². The summed E-state index contributed by atoms with van der Waals surface area (Å²) in [4.78, 5) is 31.3. The molecule has 1 atom stereocenters. The molecule has 0 bridgehead atoms. The zero-order valence-electron chi connectivity index (χ0n) is 14.5. The number of fused-ring (bicyclic) bond motifs is 2. The van der Waals surface area contributed by atoms with Crippen LogP contribution in [0.4, 0.5) is 0 Å². The molecule has 4 rings (SSSR count). The van der Waals surface area contributed by atoms with E-state index in [2.05, 4.69) is 16.1 Å². The molecule has 8 heteroatoms. The number of esters is 1. The second-order valence-corrected chi connectivity index (χ2v) is 7.38. The van der Waals surface area contributed by atoms with E-state index in [0.717, 1.165) is 10.6 Å². The maximum absolute atomic E-state index is 12.3. The van der Waals surface area contributed by atoms with Crippen LogP contribution in [0, 0.1) is 6.92 Å². The first kappa shape index (κ1) is 16.9. The van der Waals surface area contributed by atoms with Crippen molar-refractivity contribution in [2.45, 2.75) is 32.5 Å². The number of hydrogen-bond acceptors (Lipinski definition) is 7. The smallest absolute Gasteiger partial charge is 0.323 e. The number of methoxy groups -OCH3 is 1. The average molecular weight is 370 g/mol. The van der Waals surface area contributed by atoms with E-state index in [-0.39, 0.29) is 17.6 Å². The Morgan fingerprint density at radius 1 is 1.35 bits per heavy atom. The molecule has 1 aromatic carbocycles. The van der Waals surface area contributed by atoms with Gasteiger partial charge in [-0.1, -0.05) is 35.6 Å². The van der Waals surface area contributed by atoms with Crippen LogP contribution in [0.15, 0.2) is 35.1 Å². The molecule has 3 heterocycles. The van der Waals surface area contributed by atoms with Crippen molar-refractivity contribution in [3.05, 3.63) is 62.5 Å². The summed E-state index contributed by atoms with van der Waals surface area (Å²) in [5.41, 5.74) is 2.84. The van der Waals surface area contributed by atoms with Gasteiger partial charge in [0, 0.05) is 18.3 Å². The summed E-state index contributed by atoms with van der Waals surface area (Å²) in [6.45, 7) is 2.88. The first-order chi connectivity index (χ1) is 12.5. The molecule has 0 radical (unpaired) electrons. The molecule has 0 spiro atoms. The van der Waals surface area contributed by atoms with E-state index in [4.69, 9.17) is 4.74 Å². The maximum atomic E-state index is 12.3. The Labute approximate surface area is 153 Å². The zero-order valence-corrected chi connectivity index (χ0v) is 15.3. The van der Waals surface area contributed by atoms with Gasteiger partial charge >= 0.3 is 5.97 Å². The minimum atomic E-state index is -0.367. The highest BCUT2D eigenvalue weighted by molar-refractivity contribution is 7.16. The number of benzene rings is 1. The molecule has 2 aromatic heterocycles. The van der Waals surface area contributed by atoms with Gasteiger partial charge < -0.3 is 4.74 Å². The fraction of sp³-hybridized carbons (Fsp3) is 0.333. The van der Waals surface area contributed by atoms with Gasteiger partial charge in [-0.3, -0.25) is 14.5 Å². The van der Waals surface area contributed by atoms with Gasteiger partial charge in [0.25, 0.3) is 5.56 Å². The molecule has 0 amide bonds. The SMILES string of the molecule is COC(=O)[C@H]1Cc2ccccc2CN1Cc1nn2c(=O)cc(C)nc2s1. The lowest BCUT2D eigenvalue weighted by Gasteiger charge is -2.34. The molecule has 26 heavy (non-hydrogen) atoms. The van der Waals surface area contributed by atoms with Gasteiger partial charge in [-0.2, -0.15) is 9.61 Å². The molecule has 0 aliphatic carbocycles. The van der Waals surface area contributed by atoms with Crippen LogP contribution >= 0.6 is 11.3 Å². The third-order valence-electron chi connectivity index (χ3n) is 4.57. The predicted octanol–water partition coefficient (Wildman–Crippen LogP) is 1.56. The van der Waals surface area contributed by atoms with Crippen molar-refractivity contribution in [1.29, 1.82) is 0 Å². The van der Waals surface area contributed by atoms with Gasteiger partial charge in [0.2, 0.25) is 4.96 Å². The van der Waals surface area contributed by atoms with E-state index in [1.807, 2.05) is 23.1 Å². The molecule has 134 valence electrons. The Hall–Kier alpha value is -2.58. The van der Waals surface area contributed by atoms with Gasteiger partial charge in [-0.25, -0.2) is 4.98 Å². The molecular formula is C18H18N4O3S. The summed E-state index contributed by atoms with van der Waals surface area (Å²) in [6.07, 6.45) is 0.602. The van der Waals surface area contributed by atoms with E-state index in [9.17, 15) is 9.59 Å². The van der Waals surface area contributed by atoms with Crippen molar-refractivity contribution >= 4 is 22.3 Å². The van der Waals surface area contributed by atoms with Crippen molar-refractivity contribution in [3.8, 4) is 0 Å². The molecule has 0 unspecified atom stereocenters. The Bertz CT molecular complexity index is 1040. The number of hydrogen-bond donors (Lipinski definition) is 0. The molecule has 3 aromatic rings. The minimum Gasteiger partial charge on any atom is -0.468 e. The van der Waals surface area contributed by atoms with Gasteiger partial charge in [0.15, 0.2) is 0 Å². The Morgan fingerprint density at radius 3 is 2.88 bits per heavy atom. The Morgan fingerprint density at radius 2 is 2.12 bits per heavy atom. The van der Waals surface area contributed by atoms with Crippen molar-refractivity contribution < 1.29 is 9.53 Å². The van der Waals surface area contributed by atoms with E-state index in [1.54, 1.807) is 6.92 Å². The summed E-state index contributed by atoms with van der Waals surface area (Å²) in [5, 5.41) is 5.13. The van der Waals surface area contributed by atoms with E-state index >= 15 is 0 Å². The topological polar surface area (TPSA) is 76.8 Å². The Kier molecular flexibility index (Phi) is 4.29. The number of carbonyl (C=O) groups excluding carboxylic acids is 1. The summed E-state index contributed by atoms with van der Waals surface area (Å²) < 4.78 is 6.32. The number of aryl methyl sites for hydroxylation is 1. The standard InChI is InChI=1S/C18H18N4O3S/c1-11-7-16(23)22-18(19-11)26-15(20-22)10-21-9-13-6-4-3-5-12(13)8-14(21)17(24)25-2/h3-7,14H,8-10H2,1-2H3/t14-/m1/s1. The number of aromatic nitrogens is 3. The van der Waals surface area contributed by atoms with Crippen LogP contribution in [0.1, 0.15) is 21.8 Å². The highest BCUT2D eigenvalue weighted by Crippen LogP contribution is 2.26. The van der Waals surface area contributed by atoms with Gasteiger partial charge in [-0.15, -0.1) is 0 Å². The molecule has 0 fully saturated rings. The molecule has 1 aliphatic heterocycles. The summed E-state index contributed by atoms with van der Waals surface area (Å²) in [5.74, 6) is -0.258. The maximum Gasteiger partial charge on any atom is 0.323 e. The van der Waals surface area contributed by atoms with Crippen LogP contribution < -0.4 is 5.56 Å². The van der Waals surface area contributed by atoms with Crippen LogP contribution in [0.2, 0.25) is 0 Å². The lowest BCUT2D eigenvalue weighted by atomic mass is 9.94. The molecule has 7 nitrogen and oxygen atoms in total. The van der Waals surface area contributed by atoms with E-state index in [0.29, 0.717) is 30.2 Å². The quantitative estimate of drug-likeness (QED) is 0.651. The van der Waals surface area contributed by atoms with Crippen molar-refractivity contribution in [2.24, 2.45) is 0 Å². The van der Waals surface area contributed by atoms with Gasteiger partial charge in [0.1, 0.15) is 11.0 Å². The van der Waals surface area contributed by atoms with Crippen molar-refractivity contribution in [2.75, 3.05) is 7.11 Å². The number of ether oxygens (including phenoxy) is 1. The fourth-order valence-electron chi connectivity index (χ4n) is 3.31. The fourth-order valence-corrected chi connectivity index (χ4v) is 4.28. The molecule has 0 saturated heterocycles. The van der Waals surface area contributed by atoms with E-state index < -0.39 is 0 Å². The summed E-state index contributed by atoms with van der Waals surface area (Å²) in [6, 6.07) is 9.20. The molecule has 0 N–H and O–H groups in total. The second-order valence-electron chi connectivity index (χ2n) is 6.34. The minimum absolute atomic E-state index is 0.191. The van der Waals surface area contributed by atoms with Crippen molar-refractivity contribution in [1.82, 2.24) is 19.5 Å². The number of nitrogens with zero attached hydrogens (tertiary/aromatic N) is 4. The number of rotatable bonds is 3. The van der Waals surface area contributed by atoms with Gasteiger partial charge in [0.05, 0.1) is 13.7 Å². The van der Waals surface area contributed by atoms with Crippen LogP contribution in [0.25, 0.3) is 4.96 Å². The predicted molar refractivity (Wildman–Crippen MR) is 97.1 cm³/mol. The number of carbonyl (C=O) groups is 1. The largest absolute Gasteiger partial charge is 0.468 e. The monoisotopic (exact) mass is 370 g/mol. The zero-order chi connectivity index (χ0) is 18.3. The first-order valence-electron chi connectivity index (χ1n) is 8.30. The van der Waals surface area contributed by atoms with E-state index in [1.165, 1.54) is 34.6 Å². The highest BCUT2D eigenvalue weighted by atomic mass is 32.1. The van der Waals surface area contributed by atoms with Crippen molar-refractivity contribution in [3.63, 3.8) is 0 Å². The lowest BCUT2D eigenvalue weighted by molar-refractivity contribution is -0.148. The van der Waals surface area contributed by atoms with Crippen LogP contribution in [-0.4, -0.2) is 38.6 Å². The molecule has 0 saturated carbocycles. The third-order valence-corrected chi connectivity index (χ3v) is 5.47. The normalized spacial score (nSPS) is 17.2. The van der Waals surface area contributed by atoms with Crippen LogP contribution in [0.3, 0.4) is 0 Å². The summed E-state index contributed by atoms with van der Waals surface area (Å²) >= 11 is 1.37. The molecular weight excluding hydrogens is 352 g/mol. The van der Waals surface area contributed by atoms with Crippen LogP contribution in [0.5, 0.6) is 0 Å². The Balaban J connectivity index is 1.68.